The summed E-state index contributed by atoms with van der Waals surface area (Å²) in [6, 6.07) is 22.3. The molecule has 50 heavy (non-hydrogen) atoms. The first-order valence-corrected chi connectivity index (χ1v) is 16.6. The lowest BCUT2D eigenvalue weighted by atomic mass is 9.83. The molecule has 13 heteroatoms. The van der Waals surface area contributed by atoms with Gasteiger partial charge in [-0.3, -0.25) is 24.5 Å². The predicted octanol–water partition coefficient (Wildman–Crippen LogP) is 4.61. The number of pyridine rings is 1. The van der Waals surface area contributed by atoms with E-state index in [9.17, 15) is 24.5 Å². The molecule has 0 spiro atoms. The molecule has 0 aliphatic carbocycles. The Labute approximate surface area is 288 Å². The van der Waals surface area contributed by atoms with Gasteiger partial charge in [0.15, 0.2) is 0 Å². The molecule has 13 nitrogen and oxygen atoms in total. The Hall–Kier alpha value is -5.85. The topological polar surface area (TPSA) is 139 Å². The van der Waals surface area contributed by atoms with Crippen molar-refractivity contribution in [3.8, 4) is 11.5 Å². The number of nitro benzene ring substituents is 1. The molecule has 258 valence electrons. The number of nitro groups is 1. The lowest BCUT2D eigenvalue weighted by molar-refractivity contribution is -0.384. The van der Waals surface area contributed by atoms with Crippen molar-refractivity contribution in [2.24, 2.45) is 5.92 Å². The number of non-ortho nitro benzene ring substituents is 1. The number of hydrogen-bond donors (Lipinski definition) is 1. The van der Waals surface area contributed by atoms with E-state index < -0.39 is 4.92 Å². The highest BCUT2D eigenvalue weighted by atomic mass is 16.6. The van der Waals surface area contributed by atoms with Crippen LogP contribution < -0.4 is 30.1 Å². The molecule has 3 aliphatic rings. The van der Waals surface area contributed by atoms with Crippen molar-refractivity contribution < 1.29 is 24.0 Å². The average molecular weight is 679 g/mol. The Kier molecular flexibility index (Phi) is 8.87. The van der Waals surface area contributed by atoms with Crippen LogP contribution in [0.25, 0.3) is 0 Å². The average Bonchev–Trinajstić information content (AvgIpc) is 3.14. The molecule has 2 fully saturated rings. The number of piperazine rings is 1. The maximum atomic E-state index is 13.9. The van der Waals surface area contributed by atoms with Crippen LogP contribution in [0.15, 0.2) is 83.7 Å². The molecule has 1 aromatic heterocycles. The first-order valence-electron chi connectivity index (χ1n) is 16.6. The summed E-state index contributed by atoms with van der Waals surface area (Å²) in [7, 11) is 3.05. The van der Waals surface area contributed by atoms with Crippen molar-refractivity contribution >= 4 is 34.6 Å². The summed E-state index contributed by atoms with van der Waals surface area (Å²) in [6.07, 6.45) is 0.980. The maximum Gasteiger partial charge on any atom is 0.269 e. The minimum Gasteiger partial charge on any atom is -0.497 e. The molecule has 4 heterocycles. The van der Waals surface area contributed by atoms with Gasteiger partial charge in [-0.15, -0.1) is 0 Å². The molecular formula is C37H38N6O7. The van der Waals surface area contributed by atoms with E-state index in [1.165, 1.54) is 26.4 Å². The van der Waals surface area contributed by atoms with Gasteiger partial charge in [0, 0.05) is 98.5 Å². The third-order valence-corrected chi connectivity index (χ3v) is 9.92. The van der Waals surface area contributed by atoms with E-state index in [0.29, 0.717) is 74.1 Å². The van der Waals surface area contributed by atoms with Crippen LogP contribution in [0.5, 0.6) is 11.5 Å². The first-order chi connectivity index (χ1) is 24.2. The van der Waals surface area contributed by atoms with E-state index in [1.54, 1.807) is 47.4 Å². The highest BCUT2D eigenvalue weighted by Gasteiger charge is 2.36. The molecule has 7 rings (SSSR count). The number of fused-ring (bicyclic) bond motifs is 4. The molecule has 4 aromatic rings. The number of hydrogen-bond acceptors (Lipinski definition) is 9. The van der Waals surface area contributed by atoms with Gasteiger partial charge in [-0.1, -0.05) is 6.07 Å². The molecule has 2 amide bonds. The van der Waals surface area contributed by atoms with Gasteiger partial charge >= 0.3 is 0 Å². The summed E-state index contributed by atoms with van der Waals surface area (Å²) in [5, 5.41) is 14.1. The third kappa shape index (κ3) is 6.46. The second-order valence-electron chi connectivity index (χ2n) is 12.9. The van der Waals surface area contributed by atoms with Gasteiger partial charge in [-0.05, 0) is 60.9 Å². The van der Waals surface area contributed by atoms with Crippen molar-refractivity contribution in [3.05, 3.63) is 116 Å². The number of amides is 2. The van der Waals surface area contributed by atoms with Crippen LogP contribution in [0, 0.1) is 16.0 Å². The van der Waals surface area contributed by atoms with Crippen LogP contribution in [0.3, 0.4) is 0 Å². The van der Waals surface area contributed by atoms with E-state index in [2.05, 4.69) is 15.1 Å². The minimum absolute atomic E-state index is 0.0174. The van der Waals surface area contributed by atoms with Crippen molar-refractivity contribution in [3.63, 3.8) is 0 Å². The maximum absolute atomic E-state index is 13.9. The number of ether oxygens (including phenoxy) is 2. The number of nitrogens with one attached hydrogen (secondary N) is 1. The first kappa shape index (κ1) is 32.7. The lowest BCUT2D eigenvalue weighted by Gasteiger charge is -2.44. The largest absolute Gasteiger partial charge is 0.497 e. The molecule has 3 aromatic carbocycles. The minimum atomic E-state index is -0.422. The molecular weight excluding hydrogens is 640 g/mol. The fraction of sp³-hybridized carbons (Fsp3) is 0.324. The number of piperidine rings is 1. The number of anilines is 3. The van der Waals surface area contributed by atoms with Gasteiger partial charge in [0.05, 0.1) is 30.5 Å². The zero-order valence-electron chi connectivity index (χ0n) is 27.9. The zero-order chi connectivity index (χ0) is 34.9. The highest BCUT2D eigenvalue weighted by Crippen LogP contribution is 2.40. The Balaban J connectivity index is 1.15. The predicted molar refractivity (Wildman–Crippen MR) is 189 cm³/mol. The molecule has 2 bridgehead atoms. The second-order valence-corrected chi connectivity index (χ2v) is 12.9. The quantitative estimate of drug-likeness (QED) is 0.209. The fourth-order valence-corrected chi connectivity index (χ4v) is 7.41. The van der Waals surface area contributed by atoms with Crippen molar-refractivity contribution in [2.75, 3.05) is 68.6 Å². The highest BCUT2D eigenvalue weighted by molar-refractivity contribution is 6.07. The zero-order valence-corrected chi connectivity index (χ0v) is 27.9. The van der Waals surface area contributed by atoms with Crippen LogP contribution in [0.1, 0.15) is 38.7 Å². The summed E-state index contributed by atoms with van der Waals surface area (Å²) in [4.78, 5) is 57.1. The van der Waals surface area contributed by atoms with E-state index in [-0.39, 0.29) is 34.9 Å². The number of benzene rings is 3. The fourth-order valence-electron chi connectivity index (χ4n) is 7.41. The normalized spacial score (nSPS) is 18.2. The van der Waals surface area contributed by atoms with Gasteiger partial charge in [0.1, 0.15) is 11.5 Å². The summed E-state index contributed by atoms with van der Waals surface area (Å²) >= 11 is 0. The Morgan fingerprint density at radius 1 is 0.820 bits per heavy atom. The van der Waals surface area contributed by atoms with Crippen LogP contribution in [0.4, 0.5) is 22.7 Å². The standard InChI is InChI=1S/C37H38N6O7/c1-49-30-17-26(18-31(20-30)50-2)36(45)38-32-19-25(37(46)40-14-12-39(13-15-40)28-7-9-29(10-8-28)43(47)48)6-11-34(32)41-21-24-16-27(23-41)33-4-3-5-35(44)42(33)22-24/h3-11,17-20,24,27H,12-16,21-23H2,1-2H3,(H,38,45). The summed E-state index contributed by atoms with van der Waals surface area (Å²) in [6.45, 7) is 4.08. The number of carbonyl (C=O) groups is 2. The van der Waals surface area contributed by atoms with Crippen LogP contribution in [-0.4, -0.2) is 79.7 Å². The summed E-state index contributed by atoms with van der Waals surface area (Å²) in [5.41, 5.74) is 4.04. The molecule has 0 saturated carbocycles. The monoisotopic (exact) mass is 678 g/mol. The van der Waals surface area contributed by atoms with Gasteiger partial charge in [0.25, 0.3) is 23.1 Å². The number of aromatic nitrogens is 1. The molecule has 2 unspecified atom stereocenters. The number of methoxy groups -OCH3 is 2. The van der Waals surface area contributed by atoms with E-state index >= 15 is 0 Å². The Morgan fingerprint density at radius 3 is 2.22 bits per heavy atom. The molecule has 3 aliphatic heterocycles. The van der Waals surface area contributed by atoms with Crippen LogP contribution in [0.2, 0.25) is 0 Å². The van der Waals surface area contributed by atoms with E-state index in [0.717, 1.165) is 23.5 Å². The Morgan fingerprint density at radius 2 is 1.54 bits per heavy atom. The van der Waals surface area contributed by atoms with Gasteiger partial charge in [-0.25, -0.2) is 0 Å². The SMILES string of the molecule is COc1cc(OC)cc(C(=O)Nc2cc(C(=O)N3CCN(c4ccc([N+](=O)[O-])cc4)CC3)ccc2N2CC3CC(C2)c2cccc(=O)n2C3)c1. The van der Waals surface area contributed by atoms with E-state index in [4.69, 9.17) is 9.47 Å². The van der Waals surface area contributed by atoms with Gasteiger partial charge < -0.3 is 34.1 Å². The summed E-state index contributed by atoms with van der Waals surface area (Å²) in [5.74, 6) is 0.826. The van der Waals surface area contributed by atoms with Crippen LogP contribution in [-0.2, 0) is 6.54 Å². The molecule has 1 N–H and O–H groups in total. The van der Waals surface area contributed by atoms with E-state index in [1.807, 2.05) is 28.8 Å². The lowest BCUT2D eigenvalue weighted by Crippen LogP contribution is -2.49. The molecule has 0 radical (unpaired) electrons. The smallest absolute Gasteiger partial charge is 0.269 e. The van der Waals surface area contributed by atoms with Crippen molar-refractivity contribution in [1.29, 1.82) is 0 Å². The Bertz CT molecular complexity index is 1980. The van der Waals surface area contributed by atoms with Crippen molar-refractivity contribution in [2.45, 2.75) is 18.9 Å². The van der Waals surface area contributed by atoms with Gasteiger partial charge in [0.2, 0.25) is 0 Å². The molecule has 2 saturated heterocycles. The molecule has 2 atom stereocenters. The number of nitrogens with zero attached hydrogens (tertiary/aromatic N) is 5. The summed E-state index contributed by atoms with van der Waals surface area (Å²) < 4.78 is 12.7. The number of carbonyl (C=O) groups excluding carboxylic acids is 2. The van der Waals surface area contributed by atoms with Gasteiger partial charge in [-0.2, -0.15) is 0 Å². The van der Waals surface area contributed by atoms with Crippen LogP contribution >= 0.6 is 0 Å². The second kappa shape index (κ2) is 13.6. The number of rotatable bonds is 8. The third-order valence-electron chi connectivity index (χ3n) is 9.92. The van der Waals surface area contributed by atoms with Crippen molar-refractivity contribution in [1.82, 2.24) is 9.47 Å².